The second kappa shape index (κ2) is 5.76. The third-order valence-electron chi connectivity index (χ3n) is 3.24. The summed E-state index contributed by atoms with van der Waals surface area (Å²) in [5.74, 6) is 0.0240. The largest absolute Gasteiger partial charge is 0.465 e. The van der Waals surface area contributed by atoms with Crippen molar-refractivity contribution in [3.05, 3.63) is 48.3 Å². The molecular weight excluding hydrogens is 298 g/mol. The summed E-state index contributed by atoms with van der Waals surface area (Å²) < 4.78 is 1.47. The molecule has 0 spiro atoms. The summed E-state index contributed by atoms with van der Waals surface area (Å²) in [7, 11) is 1.57. The van der Waals surface area contributed by atoms with Crippen molar-refractivity contribution < 1.29 is 14.7 Å². The lowest BCUT2D eigenvalue weighted by Crippen LogP contribution is -2.17. The van der Waals surface area contributed by atoms with E-state index in [4.69, 9.17) is 5.11 Å². The van der Waals surface area contributed by atoms with Crippen molar-refractivity contribution in [3.63, 3.8) is 0 Å². The molecule has 0 atom stereocenters. The molecule has 0 aliphatic carbocycles. The fourth-order valence-corrected chi connectivity index (χ4v) is 2.19. The molecule has 3 N–H and O–H groups in total. The number of nitrogens with one attached hydrogen (secondary N) is 2. The average molecular weight is 311 g/mol. The number of anilines is 1. The molecule has 0 aliphatic rings. The monoisotopic (exact) mass is 311 g/mol. The fraction of sp³-hybridized carbons (Fsp3) is 0.0667. The highest BCUT2D eigenvalue weighted by molar-refractivity contribution is 5.95. The quantitative estimate of drug-likeness (QED) is 0.684. The van der Waals surface area contributed by atoms with E-state index in [-0.39, 0.29) is 11.7 Å². The molecule has 0 aliphatic heterocycles. The molecule has 8 nitrogen and oxygen atoms in total. The van der Waals surface area contributed by atoms with Crippen LogP contribution in [0.4, 0.5) is 10.6 Å². The van der Waals surface area contributed by atoms with Crippen LogP contribution >= 0.6 is 0 Å². The molecular formula is C15H13N5O3. The van der Waals surface area contributed by atoms with Gasteiger partial charge in [-0.05, 0) is 23.8 Å². The molecule has 23 heavy (non-hydrogen) atoms. The number of amides is 2. The highest BCUT2D eigenvalue weighted by atomic mass is 16.4. The SMILES string of the molecule is CNC(=O)c1cccc(-c2cnn3cc(NC(=O)O)nc3c2)c1. The summed E-state index contributed by atoms with van der Waals surface area (Å²) in [5, 5.41) is 17.7. The Hall–Kier alpha value is -3.42. The van der Waals surface area contributed by atoms with Gasteiger partial charge in [0.1, 0.15) is 0 Å². The maximum absolute atomic E-state index is 11.7. The van der Waals surface area contributed by atoms with Gasteiger partial charge >= 0.3 is 6.09 Å². The first kappa shape index (κ1) is 14.5. The van der Waals surface area contributed by atoms with E-state index in [9.17, 15) is 9.59 Å². The molecule has 3 aromatic rings. The first-order valence-corrected chi connectivity index (χ1v) is 6.75. The van der Waals surface area contributed by atoms with Gasteiger partial charge in [0.05, 0.1) is 12.4 Å². The lowest BCUT2D eigenvalue weighted by molar-refractivity contribution is 0.0963. The predicted molar refractivity (Wildman–Crippen MR) is 83.5 cm³/mol. The zero-order valence-corrected chi connectivity index (χ0v) is 12.1. The Morgan fingerprint density at radius 3 is 2.78 bits per heavy atom. The predicted octanol–water partition coefficient (Wildman–Crippen LogP) is 1.85. The van der Waals surface area contributed by atoms with Crippen LogP contribution in [0.5, 0.6) is 0 Å². The number of carbonyl (C=O) groups is 2. The van der Waals surface area contributed by atoms with Crippen molar-refractivity contribution in [3.8, 4) is 11.1 Å². The smallest absolute Gasteiger partial charge is 0.410 e. The average Bonchev–Trinajstić information content (AvgIpc) is 2.94. The topological polar surface area (TPSA) is 109 Å². The number of carbonyl (C=O) groups excluding carboxylic acids is 1. The van der Waals surface area contributed by atoms with E-state index in [1.54, 1.807) is 37.5 Å². The number of hydrogen-bond donors (Lipinski definition) is 3. The normalized spacial score (nSPS) is 10.5. The maximum atomic E-state index is 11.7. The lowest BCUT2D eigenvalue weighted by Gasteiger charge is -2.04. The molecule has 2 amide bonds. The van der Waals surface area contributed by atoms with E-state index in [1.807, 2.05) is 6.07 Å². The van der Waals surface area contributed by atoms with Crippen molar-refractivity contribution in [2.45, 2.75) is 0 Å². The van der Waals surface area contributed by atoms with E-state index < -0.39 is 6.09 Å². The third-order valence-corrected chi connectivity index (χ3v) is 3.24. The van der Waals surface area contributed by atoms with Crippen LogP contribution in [0, 0.1) is 0 Å². The first-order valence-electron chi connectivity index (χ1n) is 6.75. The Morgan fingerprint density at radius 2 is 2.04 bits per heavy atom. The molecule has 1 aromatic carbocycles. The van der Waals surface area contributed by atoms with E-state index >= 15 is 0 Å². The maximum Gasteiger partial charge on any atom is 0.410 e. The van der Waals surface area contributed by atoms with Crippen LogP contribution in [0.25, 0.3) is 16.8 Å². The Labute approximate surface area is 130 Å². The molecule has 116 valence electrons. The van der Waals surface area contributed by atoms with E-state index in [1.165, 1.54) is 10.7 Å². The van der Waals surface area contributed by atoms with Crippen LogP contribution in [0.2, 0.25) is 0 Å². The Balaban J connectivity index is 2.00. The standard InChI is InChI=1S/C15H13N5O3/c1-16-14(21)10-4-2-3-9(5-10)11-6-13-18-12(19-15(22)23)8-20(13)17-7-11/h2-8,19H,1H3,(H,16,21)(H,22,23). The van der Waals surface area contributed by atoms with E-state index in [0.717, 1.165) is 11.1 Å². The van der Waals surface area contributed by atoms with Crippen molar-refractivity contribution in [1.29, 1.82) is 0 Å². The van der Waals surface area contributed by atoms with E-state index in [2.05, 4.69) is 20.7 Å². The van der Waals surface area contributed by atoms with Gasteiger partial charge in [0.2, 0.25) is 0 Å². The molecule has 2 aromatic heterocycles. The van der Waals surface area contributed by atoms with Crippen LogP contribution < -0.4 is 10.6 Å². The molecule has 0 bridgehead atoms. The molecule has 2 heterocycles. The summed E-state index contributed by atoms with van der Waals surface area (Å²) in [4.78, 5) is 26.5. The molecule has 3 rings (SSSR count). The minimum atomic E-state index is -1.19. The molecule has 0 fully saturated rings. The van der Waals surface area contributed by atoms with Gasteiger partial charge in [0.15, 0.2) is 11.5 Å². The molecule has 8 heteroatoms. The van der Waals surface area contributed by atoms with Crippen LogP contribution in [0.3, 0.4) is 0 Å². The van der Waals surface area contributed by atoms with Crippen molar-refractivity contribution >= 4 is 23.5 Å². The van der Waals surface area contributed by atoms with Crippen molar-refractivity contribution in [2.24, 2.45) is 0 Å². The molecule has 0 saturated heterocycles. The van der Waals surface area contributed by atoms with Crippen molar-refractivity contribution in [1.82, 2.24) is 19.9 Å². The zero-order chi connectivity index (χ0) is 16.4. The van der Waals surface area contributed by atoms with Crippen LogP contribution in [-0.4, -0.2) is 38.8 Å². The van der Waals surface area contributed by atoms with Gasteiger partial charge in [-0.15, -0.1) is 0 Å². The number of rotatable bonds is 3. The molecule has 0 radical (unpaired) electrons. The number of carboxylic acid groups (broad SMARTS) is 1. The number of nitrogens with zero attached hydrogens (tertiary/aromatic N) is 3. The second-order valence-electron chi connectivity index (χ2n) is 4.76. The minimum Gasteiger partial charge on any atom is -0.465 e. The van der Waals surface area contributed by atoms with Crippen LogP contribution in [0.1, 0.15) is 10.4 Å². The third kappa shape index (κ3) is 2.95. The van der Waals surface area contributed by atoms with Gasteiger partial charge in [-0.25, -0.2) is 14.3 Å². The lowest BCUT2D eigenvalue weighted by atomic mass is 10.0. The number of hydrogen-bond acceptors (Lipinski definition) is 4. The highest BCUT2D eigenvalue weighted by Gasteiger charge is 2.09. The van der Waals surface area contributed by atoms with Crippen LogP contribution in [-0.2, 0) is 0 Å². The van der Waals surface area contributed by atoms with E-state index in [0.29, 0.717) is 11.2 Å². The fourth-order valence-electron chi connectivity index (χ4n) is 2.19. The van der Waals surface area contributed by atoms with Gasteiger partial charge in [-0.1, -0.05) is 12.1 Å². The zero-order valence-electron chi connectivity index (χ0n) is 12.1. The highest BCUT2D eigenvalue weighted by Crippen LogP contribution is 2.21. The van der Waals surface area contributed by atoms with Gasteiger partial charge in [-0.3, -0.25) is 10.1 Å². The van der Waals surface area contributed by atoms with Gasteiger partial charge in [-0.2, -0.15) is 5.10 Å². The molecule has 0 saturated carbocycles. The second-order valence-corrected chi connectivity index (χ2v) is 4.76. The molecule has 0 unspecified atom stereocenters. The minimum absolute atomic E-state index is 0.172. The van der Waals surface area contributed by atoms with Gasteiger partial charge in [0.25, 0.3) is 5.91 Å². The summed E-state index contributed by atoms with van der Waals surface area (Å²) in [6, 6.07) is 8.89. The van der Waals surface area contributed by atoms with Gasteiger partial charge < -0.3 is 10.4 Å². The summed E-state index contributed by atoms with van der Waals surface area (Å²) in [6.07, 6.45) is 1.92. The van der Waals surface area contributed by atoms with Crippen molar-refractivity contribution in [2.75, 3.05) is 12.4 Å². The number of benzene rings is 1. The van der Waals surface area contributed by atoms with Crippen LogP contribution in [0.15, 0.2) is 42.7 Å². The summed E-state index contributed by atoms with van der Waals surface area (Å²) in [5.41, 5.74) is 2.63. The number of fused-ring (bicyclic) bond motifs is 1. The Morgan fingerprint density at radius 1 is 1.22 bits per heavy atom. The number of aromatic nitrogens is 3. The Bertz CT molecular complexity index is 903. The summed E-state index contributed by atoms with van der Waals surface area (Å²) in [6.45, 7) is 0. The number of imidazole rings is 1. The Kier molecular flexibility index (Phi) is 3.63. The summed E-state index contributed by atoms with van der Waals surface area (Å²) >= 11 is 0. The van der Waals surface area contributed by atoms with Gasteiger partial charge in [0, 0.05) is 18.2 Å². The first-order chi connectivity index (χ1) is 11.1.